The molecule has 0 unspecified atom stereocenters. The topological polar surface area (TPSA) is 57.6 Å². The maximum Gasteiger partial charge on any atom is 0.266 e. The first kappa shape index (κ1) is 13.8. The number of thiocarbonyl (C=S) groups is 1. The van der Waals surface area contributed by atoms with Gasteiger partial charge in [-0.05, 0) is 30.7 Å². The summed E-state index contributed by atoms with van der Waals surface area (Å²) in [5.74, 6) is -0.150. The molecule has 1 atom stereocenters. The first-order valence-corrected chi connectivity index (χ1v) is 6.77. The smallest absolute Gasteiger partial charge is 0.266 e. The molecule has 1 heterocycles. The highest BCUT2D eigenvalue weighted by Gasteiger charge is 2.35. The third kappa shape index (κ3) is 2.85. The van der Waals surface area contributed by atoms with Crippen molar-refractivity contribution >= 4 is 46.6 Å². The number of amides is 1. The van der Waals surface area contributed by atoms with Crippen molar-refractivity contribution < 1.29 is 14.7 Å². The highest BCUT2D eigenvalue weighted by Crippen LogP contribution is 2.33. The molecule has 4 nitrogen and oxygen atoms in total. The number of benzene rings is 1. The van der Waals surface area contributed by atoms with Crippen LogP contribution in [0.3, 0.4) is 0 Å². The van der Waals surface area contributed by atoms with E-state index < -0.39 is 6.04 Å². The summed E-state index contributed by atoms with van der Waals surface area (Å²) in [4.78, 5) is 24.7. The zero-order valence-corrected chi connectivity index (χ0v) is 11.7. The average Bonchev–Trinajstić information content (AvgIpc) is 2.64. The third-order valence-electron chi connectivity index (χ3n) is 2.60. The molecule has 0 saturated carbocycles. The fraction of sp³-hybridized carbons (Fsp3) is 0.154. The molecule has 1 aromatic carbocycles. The lowest BCUT2D eigenvalue weighted by atomic mass is 10.2. The summed E-state index contributed by atoms with van der Waals surface area (Å²) >= 11 is 6.25. The minimum atomic E-state index is -0.567. The number of carbonyl (C=O) groups is 2. The van der Waals surface area contributed by atoms with Crippen molar-refractivity contribution in [2.75, 3.05) is 0 Å². The second-order valence-electron chi connectivity index (χ2n) is 4.02. The van der Waals surface area contributed by atoms with Gasteiger partial charge in [0.1, 0.15) is 16.4 Å². The SMILES string of the molecule is C[C@@H](C=O)N1C(=O)/C(=C/c2cccc(O)c2)SC1=S. The van der Waals surface area contributed by atoms with Gasteiger partial charge in [0, 0.05) is 0 Å². The van der Waals surface area contributed by atoms with Crippen molar-refractivity contribution in [3.8, 4) is 5.75 Å². The molecule has 1 N–H and O–H groups in total. The molecule has 1 aromatic rings. The van der Waals surface area contributed by atoms with Crippen LogP contribution in [0.25, 0.3) is 6.08 Å². The molecular weight excluding hydrogens is 282 g/mol. The lowest BCUT2D eigenvalue weighted by Gasteiger charge is -2.17. The fourth-order valence-electron chi connectivity index (χ4n) is 1.66. The molecule has 1 fully saturated rings. The van der Waals surface area contributed by atoms with E-state index in [1.165, 1.54) is 4.90 Å². The summed E-state index contributed by atoms with van der Waals surface area (Å²) in [5.41, 5.74) is 0.708. The van der Waals surface area contributed by atoms with E-state index in [4.69, 9.17) is 12.2 Å². The molecule has 1 saturated heterocycles. The Balaban J connectivity index is 2.30. The molecule has 0 radical (unpaired) electrons. The molecule has 2 rings (SSSR count). The number of phenolic OH excluding ortho intramolecular Hbond substituents is 1. The van der Waals surface area contributed by atoms with E-state index in [1.807, 2.05) is 0 Å². The van der Waals surface area contributed by atoms with Crippen molar-refractivity contribution in [2.45, 2.75) is 13.0 Å². The summed E-state index contributed by atoms with van der Waals surface area (Å²) < 4.78 is 0.371. The molecule has 1 aliphatic heterocycles. The molecule has 6 heteroatoms. The number of rotatable bonds is 3. The maximum atomic E-state index is 12.1. The molecule has 0 aromatic heterocycles. The molecule has 1 amide bonds. The first-order chi connectivity index (χ1) is 9.02. The van der Waals surface area contributed by atoms with Gasteiger partial charge < -0.3 is 9.90 Å². The number of nitrogens with zero attached hydrogens (tertiary/aromatic N) is 1. The molecule has 19 heavy (non-hydrogen) atoms. The number of aldehydes is 1. The van der Waals surface area contributed by atoms with E-state index >= 15 is 0 Å². The van der Waals surface area contributed by atoms with Crippen LogP contribution in [0.1, 0.15) is 12.5 Å². The van der Waals surface area contributed by atoms with Crippen LogP contribution in [0.4, 0.5) is 0 Å². The van der Waals surface area contributed by atoms with Gasteiger partial charge in [0.15, 0.2) is 0 Å². The Labute approximate surface area is 120 Å². The lowest BCUT2D eigenvalue weighted by molar-refractivity contribution is -0.126. The average molecular weight is 293 g/mol. The van der Waals surface area contributed by atoms with Crippen LogP contribution < -0.4 is 0 Å². The Morgan fingerprint density at radius 2 is 2.21 bits per heavy atom. The standard InChI is InChI=1S/C13H11NO3S2/c1-8(7-15)14-12(17)11(19-13(14)18)6-9-3-2-4-10(16)5-9/h2-8,16H,1H3/b11-6-/t8-/m0/s1. The summed E-state index contributed by atoms with van der Waals surface area (Å²) in [7, 11) is 0. The van der Waals surface area contributed by atoms with E-state index in [2.05, 4.69) is 0 Å². The highest BCUT2D eigenvalue weighted by molar-refractivity contribution is 8.26. The van der Waals surface area contributed by atoms with Gasteiger partial charge in [0.2, 0.25) is 0 Å². The predicted octanol–water partition coefficient (Wildman–Crippen LogP) is 2.18. The fourth-order valence-corrected chi connectivity index (χ4v) is 3.09. The van der Waals surface area contributed by atoms with Gasteiger partial charge in [-0.1, -0.05) is 36.1 Å². The largest absolute Gasteiger partial charge is 0.508 e. The second kappa shape index (κ2) is 5.54. The molecule has 0 aliphatic carbocycles. The number of hydrogen-bond acceptors (Lipinski definition) is 5. The van der Waals surface area contributed by atoms with Gasteiger partial charge in [-0.25, -0.2) is 0 Å². The summed E-state index contributed by atoms with van der Waals surface area (Å²) in [5, 5.41) is 9.38. The van der Waals surface area contributed by atoms with E-state index in [9.17, 15) is 14.7 Å². The van der Waals surface area contributed by atoms with Crippen molar-refractivity contribution in [1.82, 2.24) is 4.90 Å². The molecule has 0 bridgehead atoms. The zero-order chi connectivity index (χ0) is 14.0. The van der Waals surface area contributed by atoms with E-state index in [1.54, 1.807) is 37.3 Å². The van der Waals surface area contributed by atoms with Crippen molar-refractivity contribution in [2.24, 2.45) is 0 Å². The predicted molar refractivity (Wildman–Crippen MR) is 78.6 cm³/mol. The quantitative estimate of drug-likeness (QED) is 0.526. The number of carbonyl (C=O) groups excluding carboxylic acids is 2. The van der Waals surface area contributed by atoms with Crippen LogP contribution in [0.2, 0.25) is 0 Å². The van der Waals surface area contributed by atoms with Gasteiger partial charge in [0.05, 0.1) is 10.9 Å². The van der Waals surface area contributed by atoms with Gasteiger partial charge >= 0.3 is 0 Å². The lowest BCUT2D eigenvalue weighted by Crippen LogP contribution is -2.37. The minimum Gasteiger partial charge on any atom is -0.508 e. The first-order valence-electron chi connectivity index (χ1n) is 5.54. The van der Waals surface area contributed by atoms with Crippen molar-refractivity contribution in [1.29, 1.82) is 0 Å². The van der Waals surface area contributed by atoms with E-state index in [0.717, 1.165) is 11.8 Å². The van der Waals surface area contributed by atoms with Gasteiger partial charge in [-0.2, -0.15) is 0 Å². The van der Waals surface area contributed by atoms with Crippen molar-refractivity contribution in [3.05, 3.63) is 34.7 Å². The Kier molecular flexibility index (Phi) is 4.01. The second-order valence-corrected chi connectivity index (χ2v) is 5.70. The normalized spacial score (nSPS) is 19.0. The number of thioether (sulfide) groups is 1. The summed E-state index contributed by atoms with van der Waals surface area (Å²) in [6.07, 6.45) is 2.33. The molecule has 98 valence electrons. The third-order valence-corrected chi connectivity index (χ3v) is 3.93. The Morgan fingerprint density at radius 1 is 1.47 bits per heavy atom. The number of phenols is 1. The summed E-state index contributed by atoms with van der Waals surface area (Å²) in [6, 6.07) is 6.00. The van der Waals surface area contributed by atoms with E-state index in [0.29, 0.717) is 21.1 Å². The van der Waals surface area contributed by atoms with Gasteiger partial charge in [-0.3, -0.25) is 9.69 Å². The van der Waals surface area contributed by atoms with Crippen LogP contribution in [0.5, 0.6) is 5.75 Å². The number of hydrogen-bond donors (Lipinski definition) is 1. The Hall–Kier alpha value is -1.66. The van der Waals surface area contributed by atoms with Crippen LogP contribution in [0.15, 0.2) is 29.2 Å². The Morgan fingerprint density at radius 3 is 2.84 bits per heavy atom. The molecule has 1 aliphatic rings. The summed E-state index contributed by atoms with van der Waals surface area (Å²) in [6.45, 7) is 1.62. The Bertz CT molecular complexity index is 583. The monoisotopic (exact) mass is 293 g/mol. The van der Waals surface area contributed by atoms with Crippen LogP contribution in [0, 0.1) is 0 Å². The maximum absolute atomic E-state index is 12.1. The van der Waals surface area contributed by atoms with Crippen molar-refractivity contribution in [3.63, 3.8) is 0 Å². The highest BCUT2D eigenvalue weighted by atomic mass is 32.2. The van der Waals surface area contributed by atoms with Gasteiger partial charge in [0.25, 0.3) is 5.91 Å². The van der Waals surface area contributed by atoms with Gasteiger partial charge in [-0.15, -0.1) is 0 Å². The molecular formula is C13H11NO3S2. The number of aromatic hydroxyl groups is 1. The minimum absolute atomic E-state index is 0.130. The van der Waals surface area contributed by atoms with Crippen LogP contribution in [-0.2, 0) is 9.59 Å². The van der Waals surface area contributed by atoms with Crippen LogP contribution in [-0.4, -0.2) is 32.6 Å². The van der Waals surface area contributed by atoms with E-state index in [-0.39, 0.29) is 11.7 Å². The zero-order valence-electron chi connectivity index (χ0n) is 10.1. The van der Waals surface area contributed by atoms with Crippen LogP contribution >= 0.6 is 24.0 Å². The molecule has 0 spiro atoms.